The lowest BCUT2D eigenvalue weighted by atomic mass is 10.2. The molecule has 0 aromatic heterocycles. The Hall–Kier alpha value is -0.250. The van der Waals surface area contributed by atoms with E-state index in [2.05, 4.69) is 28.2 Å². The van der Waals surface area contributed by atoms with E-state index in [1.165, 1.54) is 12.8 Å². The first-order chi connectivity index (χ1) is 8.15. The van der Waals surface area contributed by atoms with Crippen molar-refractivity contribution in [3.63, 3.8) is 0 Å². The van der Waals surface area contributed by atoms with Crippen LogP contribution in [0.4, 0.5) is 0 Å². The van der Waals surface area contributed by atoms with Crippen LogP contribution in [0.25, 0.3) is 0 Å². The topological polar surface area (TPSA) is 21.3 Å². The second-order valence-electron chi connectivity index (χ2n) is 4.01. The van der Waals surface area contributed by atoms with Crippen molar-refractivity contribution < 1.29 is 4.74 Å². The van der Waals surface area contributed by atoms with Gasteiger partial charge in [0.15, 0.2) is 5.75 Å². The first kappa shape index (κ1) is 14.8. The number of benzene rings is 1. The molecule has 0 amide bonds. The standard InChI is InChI=1S/C13H19BrClNO/c1-3-4-5-16-6-7-17-13-11(14)8-10(2)9-12(13)15/h8-9,16H,3-7H2,1-2H3. The molecule has 2 nitrogen and oxygen atoms in total. The van der Waals surface area contributed by atoms with Crippen LogP contribution in [0.3, 0.4) is 0 Å². The van der Waals surface area contributed by atoms with Crippen LogP contribution in [0.1, 0.15) is 25.3 Å². The van der Waals surface area contributed by atoms with Gasteiger partial charge < -0.3 is 10.1 Å². The van der Waals surface area contributed by atoms with E-state index in [1.807, 2.05) is 19.1 Å². The Morgan fingerprint density at radius 3 is 2.76 bits per heavy atom. The molecule has 0 saturated heterocycles. The lowest BCUT2D eigenvalue weighted by molar-refractivity contribution is 0.312. The molecule has 4 heteroatoms. The Labute approximate surface area is 117 Å². The Kier molecular flexibility index (Phi) is 6.93. The Balaban J connectivity index is 2.36. The van der Waals surface area contributed by atoms with Gasteiger partial charge in [0.1, 0.15) is 6.61 Å². The van der Waals surface area contributed by atoms with Gasteiger partial charge in [0.2, 0.25) is 0 Å². The average molecular weight is 321 g/mol. The van der Waals surface area contributed by atoms with E-state index in [0.29, 0.717) is 11.6 Å². The molecule has 0 bridgehead atoms. The molecule has 0 fully saturated rings. The summed E-state index contributed by atoms with van der Waals surface area (Å²) in [5, 5.41) is 3.98. The minimum absolute atomic E-state index is 0.630. The van der Waals surface area contributed by atoms with Crippen molar-refractivity contribution in [2.75, 3.05) is 19.7 Å². The predicted molar refractivity (Wildman–Crippen MR) is 77.2 cm³/mol. The fourth-order valence-corrected chi connectivity index (χ4v) is 2.61. The summed E-state index contributed by atoms with van der Waals surface area (Å²) >= 11 is 9.58. The minimum atomic E-state index is 0.630. The smallest absolute Gasteiger partial charge is 0.152 e. The van der Waals surface area contributed by atoms with E-state index < -0.39 is 0 Å². The van der Waals surface area contributed by atoms with Crippen LogP contribution in [-0.4, -0.2) is 19.7 Å². The number of unbranched alkanes of at least 4 members (excludes halogenated alkanes) is 1. The molecule has 0 aliphatic rings. The Morgan fingerprint density at radius 2 is 2.12 bits per heavy atom. The Bertz CT molecular complexity index is 334. The summed E-state index contributed by atoms with van der Waals surface area (Å²) in [6.07, 6.45) is 2.41. The van der Waals surface area contributed by atoms with Crippen LogP contribution in [0.5, 0.6) is 5.75 Å². The van der Waals surface area contributed by atoms with Crippen LogP contribution in [0.2, 0.25) is 5.02 Å². The number of hydrogen-bond donors (Lipinski definition) is 1. The monoisotopic (exact) mass is 319 g/mol. The first-order valence-electron chi connectivity index (χ1n) is 5.94. The molecule has 0 saturated carbocycles. The molecule has 0 radical (unpaired) electrons. The highest BCUT2D eigenvalue weighted by atomic mass is 79.9. The van der Waals surface area contributed by atoms with E-state index in [9.17, 15) is 0 Å². The fourth-order valence-electron chi connectivity index (χ4n) is 1.48. The third-order valence-electron chi connectivity index (χ3n) is 2.37. The highest BCUT2D eigenvalue weighted by Crippen LogP contribution is 2.34. The minimum Gasteiger partial charge on any atom is -0.490 e. The van der Waals surface area contributed by atoms with Crippen molar-refractivity contribution in [1.29, 1.82) is 0 Å². The van der Waals surface area contributed by atoms with Gasteiger partial charge in [0.25, 0.3) is 0 Å². The zero-order chi connectivity index (χ0) is 12.7. The van der Waals surface area contributed by atoms with Gasteiger partial charge in [-0.2, -0.15) is 0 Å². The lowest BCUT2D eigenvalue weighted by Gasteiger charge is -2.11. The summed E-state index contributed by atoms with van der Waals surface area (Å²) < 4.78 is 6.57. The zero-order valence-electron chi connectivity index (χ0n) is 10.4. The van der Waals surface area contributed by atoms with Crippen molar-refractivity contribution in [1.82, 2.24) is 5.32 Å². The maximum Gasteiger partial charge on any atom is 0.152 e. The van der Waals surface area contributed by atoms with Crippen molar-refractivity contribution in [2.45, 2.75) is 26.7 Å². The molecule has 1 rings (SSSR count). The summed E-state index contributed by atoms with van der Waals surface area (Å²) in [6, 6.07) is 3.91. The molecule has 0 unspecified atom stereocenters. The maximum absolute atomic E-state index is 6.12. The molecular formula is C13H19BrClNO. The normalized spacial score (nSPS) is 10.6. The molecule has 1 aromatic rings. The molecule has 96 valence electrons. The van der Waals surface area contributed by atoms with Gasteiger partial charge >= 0.3 is 0 Å². The summed E-state index contributed by atoms with van der Waals surface area (Å²) in [4.78, 5) is 0. The first-order valence-corrected chi connectivity index (χ1v) is 7.11. The van der Waals surface area contributed by atoms with E-state index in [-0.39, 0.29) is 0 Å². The van der Waals surface area contributed by atoms with Gasteiger partial charge in [0, 0.05) is 6.54 Å². The highest BCUT2D eigenvalue weighted by Gasteiger charge is 2.07. The molecule has 17 heavy (non-hydrogen) atoms. The Morgan fingerprint density at radius 1 is 1.35 bits per heavy atom. The van der Waals surface area contributed by atoms with Crippen LogP contribution in [0, 0.1) is 6.92 Å². The third-order valence-corrected chi connectivity index (χ3v) is 3.24. The molecular weight excluding hydrogens is 302 g/mol. The van der Waals surface area contributed by atoms with Gasteiger partial charge in [-0.05, 0) is 53.5 Å². The third kappa shape index (κ3) is 5.28. The van der Waals surface area contributed by atoms with Crippen LogP contribution < -0.4 is 10.1 Å². The highest BCUT2D eigenvalue weighted by molar-refractivity contribution is 9.10. The average Bonchev–Trinajstić information content (AvgIpc) is 2.26. The molecule has 0 atom stereocenters. The molecule has 1 N–H and O–H groups in total. The number of rotatable bonds is 7. The van der Waals surface area contributed by atoms with Gasteiger partial charge in [-0.15, -0.1) is 0 Å². The number of ether oxygens (including phenoxy) is 1. The van der Waals surface area contributed by atoms with E-state index >= 15 is 0 Å². The number of hydrogen-bond acceptors (Lipinski definition) is 2. The van der Waals surface area contributed by atoms with Gasteiger partial charge in [-0.1, -0.05) is 24.9 Å². The fraction of sp³-hybridized carbons (Fsp3) is 0.538. The van der Waals surface area contributed by atoms with Gasteiger partial charge in [-0.25, -0.2) is 0 Å². The van der Waals surface area contributed by atoms with Crippen molar-refractivity contribution >= 4 is 27.5 Å². The molecule has 0 aliphatic heterocycles. The molecule has 0 spiro atoms. The summed E-state index contributed by atoms with van der Waals surface area (Å²) in [5.74, 6) is 0.731. The van der Waals surface area contributed by atoms with E-state index in [4.69, 9.17) is 16.3 Å². The van der Waals surface area contributed by atoms with Crippen molar-refractivity contribution in [2.24, 2.45) is 0 Å². The summed E-state index contributed by atoms with van der Waals surface area (Å²) in [5.41, 5.74) is 1.12. The van der Waals surface area contributed by atoms with Crippen molar-refractivity contribution in [3.8, 4) is 5.75 Å². The quantitative estimate of drug-likeness (QED) is 0.761. The number of aryl methyl sites for hydroxylation is 1. The van der Waals surface area contributed by atoms with Crippen LogP contribution >= 0.6 is 27.5 Å². The van der Waals surface area contributed by atoms with Gasteiger partial charge in [-0.3, -0.25) is 0 Å². The summed E-state index contributed by atoms with van der Waals surface area (Å²) in [7, 11) is 0. The van der Waals surface area contributed by atoms with E-state index in [1.54, 1.807) is 0 Å². The molecule has 0 aliphatic carbocycles. The lowest BCUT2D eigenvalue weighted by Crippen LogP contribution is -2.22. The van der Waals surface area contributed by atoms with E-state index in [0.717, 1.165) is 28.9 Å². The SMILES string of the molecule is CCCCNCCOc1c(Cl)cc(C)cc1Br. The maximum atomic E-state index is 6.12. The second kappa shape index (κ2) is 7.96. The molecule has 0 heterocycles. The number of nitrogens with one attached hydrogen (secondary N) is 1. The van der Waals surface area contributed by atoms with Crippen molar-refractivity contribution in [3.05, 3.63) is 27.2 Å². The van der Waals surface area contributed by atoms with Crippen LogP contribution in [0.15, 0.2) is 16.6 Å². The largest absolute Gasteiger partial charge is 0.490 e. The van der Waals surface area contributed by atoms with Gasteiger partial charge in [0.05, 0.1) is 9.50 Å². The summed E-state index contributed by atoms with van der Waals surface area (Å²) in [6.45, 7) is 6.71. The zero-order valence-corrected chi connectivity index (χ0v) is 12.7. The predicted octanol–water partition coefficient (Wildman–Crippen LogP) is 4.18. The number of halogens is 2. The molecule has 1 aromatic carbocycles. The second-order valence-corrected chi connectivity index (χ2v) is 5.27. The van der Waals surface area contributed by atoms with Crippen LogP contribution in [-0.2, 0) is 0 Å².